The molecule has 6 rings (SSSR count). The highest BCUT2D eigenvalue weighted by Crippen LogP contribution is 2.36. The van der Waals surface area contributed by atoms with Crippen LogP contribution in [0.2, 0.25) is 0 Å². The van der Waals surface area contributed by atoms with Crippen LogP contribution in [0.1, 0.15) is 63.3 Å². The van der Waals surface area contributed by atoms with Crippen molar-refractivity contribution in [2.45, 2.75) is 40.5 Å². The molecule has 2 aliphatic rings. The SMILES string of the molecule is CCC1=C(C)c2cc3ccc([nH]3)c(-c3ccc(OC)cc3)c3ccc(cc4nc(cc1n2)C(CC)=C4C)[nH]3. The van der Waals surface area contributed by atoms with Crippen LogP contribution in [0.15, 0.2) is 66.7 Å². The number of nitrogens with zero attached hydrogens (tertiary/aromatic N) is 2. The van der Waals surface area contributed by atoms with E-state index >= 15 is 0 Å². The van der Waals surface area contributed by atoms with Crippen molar-refractivity contribution in [1.82, 2.24) is 19.9 Å². The molecule has 0 unspecified atom stereocenters. The lowest BCUT2D eigenvalue weighted by Crippen LogP contribution is -1.85. The van der Waals surface area contributed by atoms with Crippen LogP contribution in [0, 0.1) is 0 Å². The van der Waals surface area contributed by atoms with E-state index in [-0.39, 0.29) is 0 Å². The Hall–Kier alpha value is -4.38. The molecule has 2 N–H and O–H groups in total. The van der Waals surface area contributed by atoms with E-state index in [0.717, 1.165) is 74.6 Å². The Morgan fingerprint density at radius 2 is 1.13 bits per heavy atom. The maximum Gasteiger partial charge on any atom is 0.118 e. The molecule has 0 aliphatic carbocycles. The molecular weight excluding hydrogens is 468 g/mol. The third-order valence-corrected chi connectivity index (χ3v) is 7.67. The minimum atomic E-state index is 0.834. The van der Waals surface area contributed by atoms with Crippen molar-refractivity contribution in [2.75, 3.05) is 7.11 Å². The van der Waals surface area contributed by atoms with E-state index in [1.54, 1.807) is 7.11 Å². The van der Waals surface area contributed by atoms with Crippen molar-refractivity contribution in [3.8, 4) is 16.9 Å². The molecule has 0 atom stereocenters. The van der Waals surface area contributed by atoms with Gasteiger partial charge >= 0.3 is 0 Å². The van der Waals surface area contributed by atoms with Crippen LogP contribution in [-0.2, 0) is 0 Å². The number of hydrogen-bond acceptors (Lipinski definition) is 3. The molecular formula is C33H32N4O. The van der Waals surface area contributed by atoms with Gasteiger partial charge in [0.1, 0.15) is 5.75 Å². The van der Waals surface area contributed by atoms with Crippen molar-refractivity contribution >= 4 is 44.4 Å². The molecule has 4 aromatic rings. The van der Waals surface area contributed by atoms with Gasteiger partial charge in [0.05, 0.1) is 29.9 Å². The molecule has 0 fully saturated rings. The highest BCUT2D eigenvalue weighted by atomic mass is 16.5. The van der Waals surface area contributed by atoms with Crippen LogP contribution in [0.25, 0.3) is 55.5 Å². The fourth-order valence-corrected chi connectivity index (χ4v) is 5.59. The van der Waals surface area contributed by atoms with Gasteiger partial charge in [-0.3, -0.25) is 0 Å². The molecule has 0 saturated heterocycles. The topological polar surface area (TPSA) is 66.6 Å². The minimum Gasteiger partial charge on any atom is -0.497 e. The fraction of sp³-hybridized carbons (Fsp3) is 0.212. The first-order valence-corrected chi connectivity index (χ1v) is 13.3. The minimum absolute atomic E-state index is 0.834. The third-order valence-electron chi connectivity index (χ3n) is 7.67. The van der Waals surface area contributed by atoms with Crippen LogP contribution in [0.4, 0.5) is 0 Å². The van der Waals surface area contributed by atoms with Gasteiger partial charge in [-0.15, -0.1) is 0 Å². The molecule has 1 aromatic carbocycles. The van der Waals surface area contributed by atoms with Crippen molar-refractivity contribution in [2.24, 2.45) is 0 Å². The predicted molar refractivity (Wildman–Crippen MR) is 159 cm³/mol. The summed E-state index contributed by atoms with van der Waals surface area (Å²) in [5.74, 6) is 0.834. The Morgan fingerprint density at radius 3 is 1.58 bits per heavy atom. The summed E-state index contributed by atoms with van der Waals surface area (Å²) in [6.45, 7) is 8.74. The first kappa shape index (κ1) is 24.0. The zero-order valence-corrected chi connectivity index (χ0v) is 22.6. The molecule has 3 aromatic heterocycles. The molecule has 38 heavy (non-hydrogen) atoms. The maximum atomic E-state index is 5.41. The summed E-state index contributed by atoms with van der Waals surface area (Å²) in [4.78, 5) is 17.5. The van der Waals surface area contributed by atoms with Gasteiger partial charge in [0, 0.05) is 27.6 Å². The number of ether oxygens (including phenoxy) is 1. The average Bonchev–Trinajstić information content (AvgIpc) is 3.69. The van der Waals surface area contributed by atoms with Gasteiger partial charge in [0.2, 0.25) is 0 Å². The maximum absolute atomic E-state index is 5.41. The molecule has 0 amide bonds. The van der Waals surface area contributed by atoms with Gasteiger partial charge in [-0.05, 0) is 109 Å². The molecule has 0 radical (unpaired) electrons. The zero-order valence-electron chi connectivity index (χ0n) is 22.6. The lowest BCUT2D eigenvalue weighted by atomic mass is 10.0. The van der Waals surface area contributed by atoms with Crippen LogP contribution in [0.3, 0.4) is 0 Å². The zero-order chi connectivity index (χ0) is 26.4. The molecule has 190 valence electrons. The van der Waals surface area contributed by atoms with Crippen molar-refractivity contribution in [3.05, 3.63) is 89.5 Å². The van der Waals surface area contributed by atoms with Gasteiger partial charge in [-0.2, -0.15) is 0 Å². The Morgan fingerprint density at radius 1 is 0.632 bits per heavy atom. The van der Waals surface area contributed by atoms with Crippen molar-refractivity contribution < 1.29 is 4.74 Å². The van der Waals surface area contributed by atoms with E-state index in [1.807, 2.05) is 12.1 Å². The number of methoxy groups -OCH3 is 1. The van der Waals surface area contributed by atoms with Crippen molar-refractivity contribution in [3.63, 3.8) is 0 Å². The number of benzene rings is 1. The van der Waals surface area contributed by atoms with Crippen LogP contribution >= 0.6 is 0 Å². The van der Waals surface area contributed by atoms with Crippen LogP contribution in [0.5, 0.6) is 5.75 Å². The highest BCUT2D eigenvalue weighted by Gasteiger charge is 2.19. The number of fused-ring (bicyclic) bond motifs is 8. The number of rotatable bonds is 4. The average molecular weight is 501 g/mol. The summed E-state index contributed by atoms with van der Waals surface area (Å²) in [5, 5.41) is 0. The van der Waals surface area contributed by atoms with E-state index < -0.39 is 0 Å². The monoisotopic (exact) mass is 500 g/mol. The Balaban J connectivity index is 1.73. The highest BCUT2D eigenvalue weighted by molar-refractivity contribution is 5.96. The smallest absolute Gasteiger partial charge is 0.118 e. The summed E-state index contributed by atoms with van der Waals surface area (Å²) in [6, 6.07) is 23.2. The Bertz CT molecular complexity index is 1680. The largest absolute Gasteiger partial charge is 0.497 e. The lowest BCUT2D eigenvalue weighted by molar-refractivity contribution is 0.415. The van der Waals surface area contributed by atoms with E-state index in [0.29, 0.717) is 0 Å². The van der Waals surface area contributed by atoms with Gasteiger partial charge in [0.25, 0.3) is 0 Å². The standard InChI is InChI=1S/C33H32N4O/c1-6-25-19(3)29-16-22-10-14-27(34-22)33(21-8-12-24(38-5)13-9-21)28-15-11-23(35-28)17-30-20(4)26(7-2)32(37-30)18-31(25)36-29/h8-18,34-35H,6-7H2,1-5H3. The van der Waals surface area contributed by atoms with Gasteiger partial charge in [-0.1, -0.05) is 26.0 Å². The van der Waals surface area contributed by atoms with E-state index in [1.165, 1.54) is 22.3 Å². The van der Waals surface area contributed by atoms with Crippen LogP contribution in [-0.4, -0.2) is 27.0 Å². The molecule has 5 heteroatoms. The van der Waals surface area contributed by atoms with Gasteiger partial charge in [0.15, 0.2) is 0 Å². The van der Waals surface area contributed by atoms with E-state index in [2.05, 4.69) is 92.3 Å². The number of nitrogens with one attached hydrogen (secondary N) is 2. The molecule has 0 saturated carbocycles. The summed E-state index contributed by atoms with van der Waals surface area (Å²) in [6.07, 6.45) is 1.85. The summed E-state index contributed by atoms with van der Waals surface area (Å²) < 4.78 is 5.41. The third kappa shape index (κ3) is 4.04. The summed E-state index contributed by atoms with van der Waals surface area (Å²) >= 11 is 0. The summed E-state index contributed by atoms with van der Waals surface area (Å²) in [7, 11) is 1.69. The second kappa shape index (κ2) is 9.49. The fourth-order valence-electron chi connectivity index (χ4n) is 5.59. The predicted octanol–water partition coefficient (Wildman–Crippen LogP) is 8.67. The number of allylic oxidation sites excluding steroid dienone is 4. The number of H-pyrrole nitrogens is 2. The van der Waals surface area contributed by atoms with Crippen molar-refractivity contribution in [1.29, 1.82) is 0 Å². The normalized spacial score (nSPS) is 13.4. The van der Waals surface area contributed by atoms with E-state index in [4.69, 9.17) is 14.7 Å². The second-order valence-corrected chi connectivity index (χ2v) is 9.87. The van der Waals surface area contributed by atoms with E-state index in [9.17, 15) is 0 Å². The number of aromatic nitrogens is 4. The molecule has 0 spiro atoms. The van der Waals surface area contributed by atoms with Gasteiger partial charge in [-0.25, -0.2) is 9.97 Å². The number of aromatic amines is 2. The number of hydrogen-bond donors (Lipinski definition) is 2. The molecule has 5 heterocycles. The Labute approximate surface area is 223 Å². The molecule has 5 nitrogen and oxygen atoms in total. The van der Waals surface area contributed by atoms with Gasteiger partial charge < -0.3 is 14.7 Å². The Kier molecular flexibility index (Phi) is 5.99. The quantitative estimate of drug-likeness (QED) is 0.295. The first-order valence-electron chi connectivity index (χ1n) is 13.3. The molecule has 8 bridgehead atoms. The second-order valence-electron chi connectivity index (χ2n) is 9.87. The molecule has 2 aliphatic heterocycles. The lowest BCUT2D eigenvalue weighted by Gasteiger charge is -2.05. The summed E-state index contributed by atoms with van der Waals surface area (Å²) in [5.41, 5.74) is 15.3. The first-order chi connectivity index (χ1) is 18.5. The van der Waals surface area contributed by atoms with Crippen LogP contribution < -0.4 is 4.74 Å².